The Kier molecular flexibility index (Phi) is 4.43. The normalized spacial score (nSPS) is 10.6. The van der Waals surface area contributed by atoms with Crippen molar-refractivity contribution in [1.82, 2.24) is 0 Å². The summed E-state index contributed by atoms with van der Waals surface area (Å²) >= 11 is 3.28. The third kappa shape index (κ3) is 3.31. The molecule has 0 saturated carbocycles. The summed E-state index contributed by atoms with van der Waals surface area (Å²) in [5.74, 6) is -1.04. The number of carbonyl (C=O) groups is 2. The van der Waals surface area contributed by atoms with E-state index < -0.39 is 5.97 Å². The summed E-state index contributed by atoms with van der Waals surface area (Å²) in [5.41, 5.74) is 1.16. The minimum atomic E-state index is -1.03. The first-order chi connectivity index (χ1) is 7.54. The zero-order valence-electron chi connectivity index (χ0n) is 8.74. The molecule has 0 fully saturated rings. The van der Waals surface area contributed by atoms with E-state index in [1.165, 1.54) is 6.08 Å². The molecule has 1 N–H and O–H groups in total. The van der Waals surface area contributed by atoms with E-state index in [1.54, 1.807) is 25.1 Å². The minimum Gasteiger partial charge on any atom is -0.478 e. The molecule has 1 aromatic carbocycles. The van der Waals surface area contributed by atoms with Crippen LogP contribution in [0.5, 0.6) is 0 Å². The van der Waals surface area contributed by atoms with Crippen LogP contribution < -0.4 is 0 Å². The summed E-state index contributed by atoms with van der Waals surface area (Å²) < 4.78 is 0.803. The Morgan fingerprint density at radius 2 is 2.12 bits per heavy atom. The maximum Gasteiger partial charge on any atom is 0.328 e. The molecular weight excluding hydrogens is 272 g/mol. The van der Waals surface area contributed by atoms with Gasteiger partial charge in [-0.2, -0.15) is 0 Å². The molecule has 0 bridgehead atoms. The molecule has 84 valence electrons. The van der Waals surface area contributed by atoms with Gasteiger partial charge in [-0.05, 0) is 23.8 Å². The molecule has 0 radical (unpaired) electrons. The predicted octanol–water partition coefficient (Wildman–Crippen LogP) is 3.14. The van der Waals surface area contributed by atoms with Gasteiger partial charge in [-0.1, -0.05) is 28.9 Å². The summed E-state index contributed by atoms with van der Waals surface area (Å²) in [5, 5.41) is 8.54. The molecular formula is C12H11BrO3. The van der Waals surface area contributed by atoms with Gasteiger partial charge in [0.1, 0.15) is 0 Å². The van der Waals surface area contributed by atoms with Crippen LogP contribution in [0.15, 0.2) is 28.7 Å². The number of hydrogen-bond donors (Lipinski definition) is 1. The van der Waals surface area contributed by atoms with E-state index in [-0.39, 0.29) is 5.78 Å². The van der Waals surface area contributed by atoms with Crippen molar-refractivity contribution < 1.29 is 14.7 Å². The van der Waals surface area contributed by atoms with Gasteiger partial charge in [0.15, 0.2) is 5.78 Å². The van der Waals surface area contributed by atoms with Gasteiger partial charge in [-0.25, -0.2) is 4.79 Å². The molecule has 0 saturated heterocycles. The van der Waals surface area contributed by atoms with Gasteiger partial charge in [-0.3, -0.25) is 4.79 Å². The van der Waals surface area contributed by atoms with Gasteiger partial charge in [0, 0.05) is 22.5 Å². The van der Waals surface area contributed by atoms with Crippen LogP contribution in [0, 0.1) is 0 Å². The van der Waals surface area contributed by atoms with Gasteiger partial charge in [0.2, 0.25) is 0 Å². The molecule has 0 amide bonds. The van der Waals surface area contributed by atoms with Crippen LogP contribution in [-0.4, -0.2) is 16.9 Å². The molecule has 0 aliphatic carbocycles. The molecule has 0 aliphatic heterocycles. The number of rotatable bonds is 4. The summed E-state index contributed by atoms with van der Waals surface area (Å²) in [6, 6.07) is 5.19. The van der Waals surface area contributed by atoms with Crippen molar-refractivity contribution in [3.63, 3.8) is 0 Å². The predicted molar refractivity (Wildman–Crippen MR) is 65.4 cm³/mol. The highest BCUT2D eigenvalue weighted by molar-refractivity contribution is 9.10. The largest absolute Gasteiger partial charge is 0.478 e. The van der Waals surface area contributed by atoms with Gasteiger partial charge in [0.25, 0.3) is 0 Å². The van der Waals surface area contributed by atoms with Crippen molar-refractivity contribution in [2.45, 2.75) is 13.3 Å². The van der Waals surface area contributed by atoms with Crippen molar-refractivity contribution in [2.24, 2.45) is 0 Å². The van der Waals surface area contributed by atoms with Gasteiger partial charge >= 0.3 is 5.97 Å². The van der Waals surface area contributed by atoms with Crippen LogP contribution in [0.3, 0.4) is 0 Å². The van der Waals surface area contributed by atoms with E-state index in [0.717, 1.165) is 10.5 Å². The SMILES string of the molecule is CCC(=O)c1cc(Br)ccc1/C=C/C(=O)O. The zero-order chi connectivity index (χ0) is 12.1. The number of aliphatic carboxylic acids is 1. The van der Waals surface area contributed by atoms with Crippen LogP contribution in [0.2, 0.25) is 0 Å². The van der Waals surface area contributed by atoms with Crippen molar-refractivity contribution in [1.29, 1.82) is 0 Å². The zero-order valence-corrected chi connectivity index (χ0v) is 10.3. The number of ketones is 1. The molecule has 0 unspecified atom stereocenters. The average molecular weight is 283 g/mol. The van der Waals surface area contributed by atoms with E-state index in [4.69, 9.17) is 5.11 Å². The second-order valence-corrected chi connectivity index (χ2v) is 4.10. The number of halogens is 1. The third-order valence-corrected chi connectivity index (χ3v) is 2.54. The molecule has 4 heteroatoms. The topological polar surface area (TPSA) is 54.4 Å². The number of carboxylic acids is 1. The fraction of sp³-hybridized carbons (Fsp3) is 0.167. The van der Waals surface area contributed by atoms with Gasteiger partial charge in [0.05, 0.1) is 0 Å². The Morgan fingerprint density at radius 3 is 2.69 bits per heavy atom. The van der Waals surface area contributed by atoms with Gasteiger partial charge < -0.3 is 5.11 Å². The van der Waals surface area contributed by atoms with E-state index in [2.05, 4.69) is 15.9 Å². The summed E-state index contributed by atoms with van der Waals surface area (Å²) in [6.45, 7) is 1.77. The first kappa shape index (κ1) is 12.6. The number of carboxylic acid groups (broad SMARTS) is 1. The lowest BCUT2D eigenvalue weighted by Crippen LogP contribution is -2.00. The third-order valence-electron chi connectivity index (χ3n) is 2.04. The summed E-state index contributed by atoms with van der Waals surface area (Å²) in [4.78, 5) is 22.0. The van der Waals surface area contributed by atoms with Crippen LogP contribution in [0.4, 0.5) is 0 Å². The number of benzene rings is 1. The van der Waals surface area contributed by atoms with Crippen molar-refractivity contribution in [3.8, 4) is 0 Å². The highest BCUT2D eigenvalue weighted by Gasteiger charge is 2.08. The Labute approximate surface area is 102 Å². The van der Waals surface area contributed by atoms with Crippen LogP contribution in [-0.2, 0) is 4.79 Å². The van der Waals surface area contributed by atoms with E-state index in [9.17, 15) is 9.59 Å². The number of hydrogen-bond acceptors (Lipinski definition) is 2. The minimum absolute atomic E-state index is 0.00802. The standard InChI is InChI=1S/C12H11BrO3/c1-2-11(14)10-7-9(13)5-3-8(10)4-6-12(15)16/h3-7H,2H2,1H3,(H,15,16)/b6-4+. The molecule has 0 aliphatic rings. The first-order valence-electron chi connectivity index (χ1n) is 4.78. The number of carbonyl (C=O) groups excluding carboxylic acids is 1. The smallest absolute Gasteiger partial charge is 0.328 e. The molecule has 3 nitrogen and oxygen atoms in total. The fourth-order valence-corrected chi connectivity index (χ4v) is 1.63. The molecule has 1 rings (SSSR count). The quantitative estimate of drug-likeness (QED) is 0.682. The lowest BCUT2D eigenvalue weighted by Gasteiger charge is -2.04. The lowest BCUT2D eigenvalue weighted by molar-refractivity contribution is -0.131. The van der Waals surface area contributed by atoms with E-state index in [1.807, 2.05) is 0 Å². The highest BCUT2D eigenvalue weighted by atomic mass is 79.9. The van der Waals surface area contributed by atoms with Crippen LogP contribution in [0.1, 0.15) is 29.3 Å². The average Bonchev–Trinajstić information content (AvgIpc) is 2.26. The lowest BCUT2D eigenvalue weighted by atomic mass is 10.0. The molecule has 0 heterocycles. The van der Waals surface area contributed by atoms with Crippen LogP contribution in [0.25, 0.3) is 6.08 Å². The summed E-state index contributed by atoms with van der Waals surface area (Å²) in [6.07, 6.45) is 2.84. The van der Waals surface area contributed by atoms with Crippen molar-refractivity contribution in [2.75, 3.05) is 0 Å². The maximum atomic E-state index is 11.6. The Hall–Kier alpha value is -1.42. The van der Waals surface area contributed by atoms with E-state index >= 15 is 0 Å². The molecule has 0 aromatic heterocycles. The Morgan fingerprint density at radius 1 is 1.44 bits per heavy atom. The summed E-state index contributed by atoms with van der Waals surface area (Å²) in [7, 11) is 0. The van der Waals surface area contributed by atoms with E-state index in [0.29, 0.717) is 17.5 Å². The van der Waals surface area contributed by atoms with Gasteiger partial charge in [-0.15, -0.1) is 0 Å². The van der Waals surface area contributed by atoms with Crippen molar-refractivity contribution >= 4 is 33.8 Å². The number of Topliss-reactive ketones (excluding diaryl/α,β-unsaturated/α-hetero) is 1. The molecule has 0 spiro atoms. The monoisotopic (exact) mass is 282 g/mol. The fourth-order valence-electron chi connectivity index (χ4n) is 1.27. The maximum absolute atomic E-state index is 11.6. The van der Waals surface area contributed by atoms with Crippen LogP contribution >= 0.6 is 15.9 Å². The second-order valence-electron chi connectivity index (χ2n) is 3.18. The van der Waals surface area contributed by atoms with Crippen molar-refractivity contribution in [3.05, 3.63) is 39.9 Å². The second kappa shape index (κ2) is 5.61. The molecule has 16 heavy (non-hydrogen) atoms. The first-order valence-corrected chi connectivity index (χ1v) is 5.57. The Balaban J connectivity index is 3.17. The Bertz CT molecular complexity index is 450. The highest BCUT2D eigenvalue weighted by Crippen LogP contribution is 2.19. The molecule has 0 atom stereocenters. The molecule has 1 aromatic rings.